The summed E-state index contributed by atoms with van der Waals surface area (Å²) in [6, 6.07) is 2.14. The summed E-state index contributed by atoms with van der Waals surface area (Å²) in [5, 5.41) is 60.4. The molecule has 10 heteroatoms. The molecule has 6 atom stereocenters. The molecule has 4 rings (SSSR count). The monoisotopic (exact) mass is 542 g/mol. The van der Waals surface area contributed by atoms with Crippen LogP contribution in [0.4, 0.5) is 0 Å². The molecule has 0 saturated heterocycles. The Bertz CT molecular complexity index is 1320. The van der Waals surface area contributed by atoms with Crippen LogP contribution in [-0.2, 0) is 20.9 Å². The number of Topliss-reactive ketones (excluding diaryl/α,β-unsaturated/α-hetero) is 3. The van der Waals surface area contributed by atoms with Crippen molar-refractivity contribution in [1.29, 1.82) is 0 Å². The summed E-state index contributed by atoms with van der Waals surface area (Å²) in [4.78, 5) is 41.1. The molecule has 0 heterocycles. The van der Waals surface area contributed by atoms with Gasteiger partial charge in [0.2, 0.25) is 5.78 Å². The average Bonchev–Trinajstić information content (AvgIpc) is 2.81. The highest BCUT2D eigenvalue weighted by Gasteiger charge is 2.68. The minimum Gasteiger partial charge on any atom is -0.508 e. The SMILES string of the molecule is CC(=O)C1=C(O)[C@@]2(O)C(=O)C3=C(O)c4c(ccc(CNCC(C)(C)C)c4O)[C@H](C)[C@H]3[C@H](O)[C@H]2[C@H](N(C)C)C1=O. The topological polar surface area (TPSA) is 168 Å². The molecule has 3 aliphatic rings. The average molecular weight is 543 g/mol. The van der Waals surface area contributed by atoms with E-state index in [1.54, 1.807) is 19.1 Å². The van der Waals surface area contributed by atoms with Gasteiger partial charge in [0.25, 0.3) is 0 Å². The maximum absolute atomic E-state index is 14.1. The number of phenolic OH excluding ortho intramolecular Hbond substituents is 1. The van der Waals surface area contributed by atoms with Gasteiger partial charge in [-0.05, 0) is 37.9 Å². The summed E-state index contributed by atoms with van der Waals surface area (Å²) in [6.07, 6.45) is -1.57. The van der Waals surface area contributed by atoms with Gasteiger partial charge < -0.3 is 30.8 Å². The number of aliphatic hydroxyl groups is 4. The zero-order valence-electron chi connectivity index (χ0n) is 23.4. The standard InChI is InChI=1S/C29H38N2O8/c1-12-15-9-8-14(10-30-11-28(3,4)5)22(33)18(15)23(34)19-16(12)24(35)20-21(31(6)7)25(36)17(13(2)32)26(37)29(20,39)27(19)38/h8-9,12,16,20-21,24,30,33-35,37,39H,10-11H2,1-7H3/t12-,16+,20+,21-,24-,29+/m0/s1. The number of fused-ring (bicyclic) bond motifs is 3. The van der Waals surface area contributed by atoms with Crippen LogP contribution >= 0.6 is 0 Å². The van der Waals surface area contributed by atoms with Crippen LogP contribution < -0.4 is 5.32 Å². The molecule has 39 heavy (non-hydrogen) atoms. The molecule has 0 bridgehead atoms. The summed E-state index contributed by atoms with van der Waals surface area (Å²) in [5.74, 6) is -7.95. The van der Waals surface area contributed by atoms with E-state index in [1.807, 2.05) is 0 Å². The highest BCUT2D eigenvalue weighted by molar-refractivity contribution is 6.25. The Morgan fingerprint density at radius 3 is 2.28 bits per heavy atom. The van der Waals surface area contributed by atoms with E-state index >= 15 is 0 Å². The number of hydrogen-bond acceptors (Lipinski definition) is 10. The fourth-order valence-electron chi connectivity index (χ4n) is 6.48. The molecule has 3 aliphatic carbocycles. The number of phenols is 1. The van der Waals surface area contributed by atoms with Crippen LogP contribution in [0.25, 0.3) is 5.76 Å². The van der Waals surface area contributed by atoms with Crippen LogP contribution in [0.15, 0.2) is 29.0 Å². The van der Waals surface area contributed by atoms with E-state index < -0.39 is 69.9 Å². The minimum absolute atomic E-state index is 0.00758. The normalized spacial score (nSPS) is 30.9. The molecular weight excluding hydrogens is 504 g/mol. The number of carbonyl (C=O) groups is 3. The number of carbonyl (C=O) groups excluding carboxylic acids is 3. The molecule has 6 N–H and O–H groups in total. The second-order valence-corrected chi connectivity index (χ2v) is 12.4. The molecular formula is C29H38N2O8. The van der Waals surface area contributed by atoms with Crippen molar-refractivity contribution in [1.82, 2.24) is 10.2 Å². The summed E-state index contributed by atoms with van der Waals surface area (Å²) >= 11 is 0. The smallest absolute Gasteiger partial charge is 0.202 e. The number of likely N-dealkylation sites (N-methyl/N-ethyl adjacent to an activating group) is 1. The molecule has 0 aromatic heterocycles. The predicted molar refractivity (Wildman–Crippen MR) is 143 cm³/mol. The van der Waals surface area contributed by atoms with E-state index in [4.69, 9.17) is 0 Å². The number of nitrogens with one attached hydrogen (secondary N) is 1. The number of ketones is 3. The predicted octanol–water partition coefficient (Wildman–Crippen LogP) is 1.74. The van der Waals surface area contributed by atoms with Gasteiger partial charge in [0.1, 0.15) is 22.8 Å². The Morgan fingerprint density at radius 1 is 1.13 bits per heavy atom. The third-order valence-corrected chi connectivity index (χ3v) is 8.29. The molecule has 1 aromatic carbocycles. The van der Waals surface area contributed by atoms with Crippen LogP contribution in [0.3, 0.4) is 0 Å². The maximum atomic E-state index is 14.1. The maximum Gasteiger partial charge on any atom is 0.202 e. The lowest BCUT2D eigenvalue weighted by Gasteiger charge is -2.53. The zero-order valence-corrected chi connectivity index (χ0v) is 23.4. The van der Waals surface area contributed by atoms with Gasteiger partial charge in [0.05, 0.1) is 23.6 Å². The van der Waals surface area contributed by atoms with Gasteiger partial charge in [-0.15, -0.1) is 0 Å². The van der Waals surface area contributed by atoms with Gasteiger partial charge in [-0.3, -0.25) is 19.3 Å². The van der Waals surface area contributed by atoms with Gasteiger partial charge >= 0.3 is 0 Å². The Kier molecular flexibility index (Phi) is 7.09. The fourth-order valence-corrected chi connectivity index (χ4v) is 6.48. The van der Waals surface area contributed by atoms with Crippen LogP contribution in [0.5, 0.6) is 5.75 Å². The first kappa shape index (κ1) is 28.9. The molecule has 212 valence electrons. The van der Waals surface area contributed by atoms with E-state index in [0.717, 1.165) is 6.92 Å². The Labute approximate surface area is 227 Å². The van der Waals surface area contributed by atoms with Crippen LogP contribution in [-0.4, -0.2) is 86.2 Å². The third kappa shape index (κ3) is 4.21. The number of aromatic hydroxyl groups is 1. The second kappa shape index (κ2) is 9.55. The molecule has 0 radical (unpaired) electrons. The van der Waals surface area contributed by atoms with E-state index in [1.165, 1.54) is 19.0 Å². The van der Waals surface area contributed by atoms with E-state index in [-0.39, 0.29) is 28.8 Å². The van der Waals surface area contributed by atoms with E-state index in [2.05, 4.69) is 26.1 Å². The van der Waals surface area contributed by atoms with Crippen molar-refractivity contribution in [3.63, 3.8) is 0 Å². The van der Waals surface area contributed by atoms with Crippen molar-refractivity contribution >= 4 is 23.1 Å². The Balaban J connectivity index is 1.92. The van der Waals surface area contributed by atoms with Crippen LogP contribution in [0.1, 0.15) is 57.2 Å². The van der Waals surface area contributed by atoms with Gasteiger partial charge in [-0.25, -0.2) is 0 Å². The minimum atomic E-state index is -2.85. The summed E-state index contributed by atoms with van der Waals surface area (Å²) < 4.78 is 0. The first-order chi connectivity index (χ1) is 18.0. The first-order valence-corrected chi connectivity index (χ1v) is 13.1. The number of aliphatic hydroxyl groups excluding tert-OH is 3. The van der Waals surface area contributed by atoms with Crippen molar-refractivity contribution in [2.24, 2.45) is 17.3 Å². The van der Waals surface area contributed by atoms with Crippen molar-refractivity contribution in [2.75, 3.05) is 20.6 Å². The second-order valence-electron chi connectivity index (χ2n) is 12.4. The highest BCUT2D eigenvalue weighted by atomic mass is 16.4. The summed E-state index contributed by atoms with van der Waals surface area (Å²) in [6.45, 7) is 9.88. The Hall–Kier alpha value is -3.05. The van der Waals surface area contributed by atoms with Gasteiger partial charge in [-0.2, -0.15) is 0 Å². The molecule has 0 aliphatic heterocycles. The highest BCUT2D eigenvalue weighted by Crippen LogP contribution is 2.56. The Morgan fingerprint density at radius 2 is 1.74 bits per heavy atom. The fraction of sp³-hybridized carbons (Fsp3) is 0.552. The summed E-state index contributed by atoms with van der Waals surface area (Å²) in [5.41, 5.74) is -2.95. The number of benzene rings is 1. The van der Waals surface area contributed by atoms with E-state index in [9.17, 15) is 39.9 Å². The lowest BCUT2D eigenvalue weighted by Crippen LogP contribution is -2.70. The molecule has 1 fully saturated rings. The molecule has 10 nitrogen and oxygen atoms in total. The molecule has 1 saturated carbocycles. The molecule has 0 unspecified atom stereocenters. The van der Waals surface area contributed by atoms with Gasteiger partial charge in [0, 0.05) is 30.1 Å². The van der Waals surface area contributed by atoms with Gasteiger partial charge in [0.15, 0.2) is 17.2 Å². The molecule has 0 amide bonds. The van der Waals surface area contributed by atoms with Crippen molar-refractivity contribution in [3.8, 4) is 5.75 Å². The lowest BCUT2D eigenvalue weighted by atomic mass is 9.54. The zero-order chi connectivity index (χ0) is 29.4. The van der Waals surface area contributed by atoms with Crippen molar-refractivity contribution < 1.29 is 39.9 Å². The van der Waals surface area contributed by atoms with E-state index in [0.29, 0.717) is 17.7 Å². The number of hydrogen-bond donors (Lipinski definition) is 6. The van der Waals surface area contributed by atoms with Crippen molar-refractivity contribution in [3.05, 3.63) is 45.7 Å². The largest absolute Gasteiger partial charge is 0.508 e. The number of rotatable bonds is 5. The lowest BCUT2D eigenvalue weighted by molar-refractivity contribution is -0.169. The third-order valence-electron chi connectivity index (χ3n) is 8.29. The van der Waals surface area contributed by atoms with Crippen LogP contribution in [0.2, 0.25) is 0 Å². The summed E-state index contributed by atoms with van der Waals surface area (Å²) in [7, 11) is 3.02. The van der Waals surface area contributed by atoms with Gasteiger partial charge in [-0.1, -0.05) is 39.8 Å². The number of nitrogens with zero attached hydrogens (tertiary/aromatic N) is 1. The van der Waals surface area contributed by atoms with Crippen LogP contribution in [0, 0.1) is 17.3 Å². The molecule has 1 aromatic rings. The molecule has 0 spiro atoms. The van der Waals surface area contributed by atoms with Crippen molar-refractivity contribution in [2.45, 2.75) is 64.8 Å². The first-order valence-electron chi connectivity index (χ1n) is 13.1. The quantitative estimate of drug-likeness (QED) is 0.302.